The normalized spacial score (nSPS) is 10.8. The van der Waals surface area contributed by atoms with E-state index in [0.717, 1.165) is 0 Å². The van der Waals surface area contributed by atoms with E-state index in [1.54, 1.807) is 66.7 Å². The van der Waals surface area contributed by atoms with Gasteiger partial charge in [0.15, 0.2) is 9.84 Å². The summed E-state index contributed by atoms with van der Waals surface area (Å²) in [6.07, 6.45) is 0.308. The van der Waals surface area contributed by atoms with Crippen molar-refractivity contribution in [3.05, 3.63) is 90.5 Å². The molecule has 3 N–H and O–H groups in total. The summed E-state index contributed by atoms with van der Waals surface area (Å²) < 4.78 is 24.5. The fourth-order valence-corrected chi connectivity index (χ4v) is 4.16. The third-order valence-corrected chi connectivity index (χ3v) is 6.23. The maximum atomic E-state index is 12.3. The Hall–Kier alpha value is -3.65. The molecule has 0 aliphatic heterocycles. The van der Waals surface area contributed by atoms with Gasteiger partial charge in [-0.25, -0.2) is 13.2 Å². The number of carbonyl (C=O) groups is 2. The van der Waals surface area contributed by atoms with Crippen LogP contribution in [0, 0.1) is 0 Å². The quantitative estimate of drug-likeness (QED) is 0.465. The summed E-state index contributed by atoms with van der Waals surface area (Å²) in [5.41, 5.74) is 1.63. The molecule has 3 aromatic carbocycles. The van der Waals surface area contributed by atoms with Gasteiger partial charge < -0.3 is 16.0 Å². The van der Waals surface area contributed by atoms with Crippen LogP contribution in [-0.2, 0) is 9.84 Å². The molecule has 7 nitrogen and oxygen atoms in total. The third-order valence-electron chi connectivity index (χ3n) is 4.41. The fraction of sp³-hybridized carbons (Fsp3) is 0.130. The molecule has 0 aromatic heterocycles. The number of rotatable bonds is 8. The Morgan fingerprint density at radius 3 is 1.87 bits per heavy atom. The summed E-state index contributed by atoms with van der Waals surface area (Å²) in [6, 6.07) is 23.3. The van der Waals surface area contributed by atoms with E-state index >= 15 is 0 Å². The van der Waals surface area contributed by atoms with Gasteiger partial charge in [-0.1, -0.05) is 36.4 Å². The zero-order chi connectivity index (χ0) is 22.1. The van der Waals surface area contributed by atoms with Gasteiger partial charge in [-0.2, -0.15) is 0 Å². The lowest BCUT2D eigenvalue weighted by atomic mass is 10.2. The monoisotopic (exact) mass is 437 g/mol. The smallest absolute Gasteiger partial charge is 0.323 e. The fourth-order valence-electron chi connectivity index (χ4n) is 2.83. The summed E-state index contributed by atoms with van der Waals surface area (Å²) in [4.78, 5) is 24.5. The van der Waals surface area contributed by atoms with Crippen LogP contribution in [0.15, 0.2) is 89.8 Å². The zero-order valence-electron chi connectivity index (χ0n) is 16.7. The van der Waals surface area contributed by atoms with Crippen LogP contribution >= 0.6 is 0 Å². The SMILES string of the molecule is O=C(Nc1ccccc1)Nc1ccc(C(=O)NCCCS(=O)(=O)c2ccccc2)cc1. The molecule has 0 bridgehead atoms. The molecule has 3 aromatic rings. The van der Waals surface area contributed by atoms with E-state index in [4.69, 9.17) is 0 Å². The predicted octanol–water partition coefficient (Wildman–Crippen LogP) is 3.92. The van der Waals surface area contributed by atoms with E-state index < -0.39 is 9.84 Å². The molecular weight excluding hydrogens is 414 g/mol. The number of amides is 3. The zero-order valence-corrected chi connectivity index (χ0v) is 17.6. The highest BCUT2D eigenvalue weighted by Gasteiger charge is 2.13. The molecule has 160 valence electrons. The van der Waals surface area contributed by atoms with Gasteiger partial charge in [0.2, 0.25) is 0 Å². The van der Waals surface area contributed by atoms with Crippen molar-refractivity contribution < 1.29 is 18.0 Å². The van der Waals surface area contributed by atoms with E-state index in [2.05, 4.69) is 16.0 Å². The number of urea groups is 1. The Morgan fingerprint density at radius 1 is 0.710 bits per heavy atom. The second-order valence-electron chi connectivity index (χ2n) is 6.76. The van der Waals surface area contributed by atoms with Crippen molar-refractivity contribution in [2.75, 3.05) is 22.9 Å². The van der Waals surface area contributed by atoms with Crippen molar-refractivity contribution in [2.45, 2.75) is 11.3 Å². The van der Waals surface area contributed by atoms with Crippen LogP contribution in [0.5, 0.6) is 0 Å². The highest BCUT2D eigenvalue weighted by Crippen LogP contribution is 2.12. The highest BCUT2D eigenvalue weighted by molar-refractivity contribution is 7.91. The van der Waals surface area contributed by atoms with Gasteiger partial charge >= 0.3 is 6.03 Å². The second kappa shape index (κ2) is 10.4. The van der Waals surface area contributed by atoms with Crippen molar-refractivity contribution in [1.29, 1.82) is 0 Å². The van der Waals surface area contributed by atoms with Gasteiger partial charge in [0.25, 0.3) is 5.91 Å². The summed E-state index contributed by atoms with van der Waals surface area (Å²) in [6.45, 7) is 0.240. The first-order chi connectivity index (χ1) is 14.9. The van der Waals surface area contributed by atoms with Gasteiger partial charge in [0, 0.05) is 23.5 Å². The lowest BCUT2D eigenvalue weighted by Gasteiger charge is -2.09. The molecule has 0 radical (unpaired) electrons. The lowest BCUT2D eigenvalue weighted by molar-refractivity contribution is 0.0953. The van der Waals surface area contributed by atoms with Crippen LogP contribution in [0.3, 0.4) is 0 Å². The van der Waals surface area contributed by atoms with E-state index in [9.17, 15) is 18.0 Å². The van der Waals surface area contributed by atoms with Gasteiger partial charge in [0.1, 0.15) is 0 Å². The largest absolute Gasteiger partial charge is 0.352 e. The molecule has 0 atom stereocenters. The number of para-hydroxylation sites is 1. The molecule has 0 heterocycles. The van der Waals surface area contributed by atoms with Crippen molar-refractivity contribution in [1.82, 2.24) is 5.32 Å². The Labute approximate surface area is 181 Å². The number of sulfone groups is 1. The van der Waals surface area contributed by atoms with Crippen LogP contribution in [0.4, 0.5) is 16.2 Å². The van der Waals surface area contributed by atoms with Crippen molar-refractivity contribution in [2.24, 2.45) is 0 Å². The molecule has 3 rings (SSSR count). The second-order valence-corrected chi connectivity index (χ2v) is 8.87. The molecule has 3 amide bonds. The van der Waals surface area contributed by atoms with Crippen LogP contribution in [0.25, 0.3) is 0 Å². The Balaban J connectivity index is 1.44. The average molecular weight is 438 g/mol. The summed E-state index contributed by atoms with van der Waals surface area (Å²) in [5.74, 6) is -0.353. The third kappa shape index (κ3) is 6.68. The maximum absolute atomic E-state index is 12.3. The molecule has 0 fully saturated rings. The molecular formula is C23H23N3O4S. The average Bonchev–Trinajstić information content (AvgIpc) is 2.78. The molecule has 0 unspecified atom stereocenters. The number of hydrogen-bond acceptors (Lipinski definition) is 4. The van der Waals surface area contributed by atoms with Gasteiger partial charge in [0.05, 0.1) is 10.6 Å². The number of benzene rings is 3. The predicted molar refractivity (Wildman–Crippen MR) is 121 cm³/mol. The first kappa shape index (κ1) is 22.0. The molecule has 0 saturated heterocycles. The van der Waals surface area contributed by atoms with Gasteiger partial charge in [-0.15, -0.1) is 0 Å². The Bertz CT molecular complexity index is 1120. The van der Waals surface area contributed by atoms with Crippen LogP contribution in [-0.4, -0.2) is 32.7 Å². The summed E-state index contributed by atoms with van der Waals surface area (Å²) in [7, 11) is -3.36. The first-order valence-electron chi connectivity index (χ1n) is 9.73. The number of hydrogen-bond donors (Lipinski definition) is 3. The molecule has 8 heteroatoms. The summed E-state index contributed by atoms with van der Waals surface area (Å²) in [5, 5.41) is 8.11. The minimum absolute atomic E-state index is 0.0450. The van der Waals surface area contributed by atoms with E-state index in [1.165, 1.54) is 0 Å². The molecule has 0 saturated carbocycles. The Morgan fingerprint density at radius 2 is 1.26 bits per heavy atom. The molecule has 31 heavy (non-hydrogen) atoms. The molecule has 0 aliphatic carbocycles. The molecule has 0 spiro atoms. The lowest BCUT2D eigenvalue weighted by Crippen LogP contribution is -2.26. The van der Waals surface area contributed by atoms with Crippen LogP contribution in [0.1, 0.15) is 16.8 Å². The van der Waals surface area contributed by atoms with Crippen LogP contribution < -0.4 is 16.0 Å². The van der Waals surface area contributed by atoms with Crippen molar-refractivity contribution in [3.63, 3.8) is 0 Å². The highest BCUT2D eigenvalue weighted by atomic mass is 32.2. The number of nitrogens with one attached hydrogen (secondary N) is 3. The standard InChI is InChI=1S/C23H23N3O4S/c27-22(24-16-7-17-31(29,30)21-10-5-2-6-11-21)18-12-14-20(15-13-18)26-23(28)25-19-8-3-1-4-9-19/h1-6,8-15H,7,16-17H2,(H,24,27)(H2,25,26,28). The topological polar surface area (TPSA) is 104 Å². The van der Waals surface area contributed by atoms with Crippen molar-refractivity contribution in [3.8, 4) is 0 Å². The van der Waals surface area contributed by atoms with E-state index in [0.29, 0.717) is 23.4 Å². The van der Waals surface area contributed by atoms with E-state index in [1.807, 2.05) is 18.2 Å². The first-order valence-corrected chi connectivity index (χ1v) is 11.4. The Kier molecular flexibility index (Phi) is 7.40. The minimum atomic E-state index is -3.36. The number of carbonyl (C=O) groups excluding carboxylic acids is 2. The van der Waals surface area contributed by atoms with Crippen molar-refractivity contribution >= 4 is 33.2 Å². The summed E-state index contributed by atoms with van der Waals surface area (Å²) >= 11 is 0. The molecule has 0 aliphatic rings. The van der Waals surface area contributed by atoms with Gasteiger partial charge in [-0.05, 0) is 55.0 Å². The number of anilines is 2. The van der Waals surface area contributed by atoms with E-state index in [-0.39, 0.29) is 29.1 Å². The maximum Gasteiger partial charge on any atom is 0.323 e. The van der Waals surface area contributed by atoms with Crippen LogP contribution in [0.2, 0.25) is 0 Å². The minimum Gasteiger partial charge on any atom is -0.352 e. The van der Waals surface area contributed by atoms with Gasteiger partial charge in [-0.3, -0.25) is 4.79 Å².